The molecule has 1 N–H and O–H groups in total. The van der Waals surface area contributed by atoms with E-state index in [1.165, 1.54) is 12.2 Å². The lowest BCUT2D eigenvalue weighted by atomic mass is 10.2. The molecule has 0 saturated heterocycles. The van der Waals surface area contributed by atoms with Gasteiger partial charge in [-0.1, -0.05) is 13.3 Å². The van der Waals surface area contributed by atoms with Gasteiger partial charge in [0.05, 0.1) is 12.2 Å². The summed E-state index contributed by atoms with van der Waals surface area (Å²) in [5, 5.41) is 17.0. The molecule has 0 aromatic carbocycles. The number of aliphatic hydroxyl groups excluding tert-OH is 1. The molecule has 2 nitrogen and oxygen atoms in total. The standard InChI is InChI=1S/C7H11NO/c1-2-4-7(9)5-3-6-8/h3,5,7,9H,2,4H2,1H3/b5-3+/t7-/m1/s1. The van der Waals surface area contributed by atoms with Crippen molar-refractivity contribution in [2.24, 2.45) is 0 Å². The van der Waals surface area contributed by atoms with Gasteiger partial charge in [-0.2, -0.15) is 5.26 Å². The lowest BCUT2D eigenvalue weighted by Gasteiger charge is -1.98. The predicted octanol–water partition coefficient (Wildman–Crippen LogP) is 1.23. The summed E-state index contributed by atoms with van der Waals surface area (Å²) in [4.78, 5) is 0. The number of nitrogens with zero attached hydrogens (tertiary/aromatic N) is 1. The third kappa shape index (κ3) is 5.05. The van der Waals surface area contributed by atoms with Gasteiger partial charge in [0.1, 0.15) is 0 Å². The molecule has 0 aliphatic rings. The summed E-state index contributed by atoms with van der Waals surface area (Å²) >= 11 is 0. The zero-order chi connectivity index (χ0) is 7.11. The molecule has 0 unspecified atom stereocenters. The highest BCUT2D eigenvalue weighted by molar-refractivity contribution is 5.04. The summed E-state index contributed by atoms with van der Waals surface area (Å²) < 4.78 is 0. The summed E-state index contributed by atoms with van der Waals surface area (Å²) in [6.45, 7) is 1.99. The Bertz CT molecular complexity index is 123. The highest BCUT2D eigenvalue weighted by Gasteiger charge is 1.93. The first-order valence-electron chi connectivity index (χ1n) is 3.05. The van der Waals surface area contributed by atoms with Crippen LogP contribution in [0.1, 0.15) is 19.8 Å². The molecule has 0 rings (SSSR count). The minimum absolute atomic E-state index is 0.436. The van der Waals surface area contributed by atoms with E-state index in [9.17, 15) is 0 Å². The number of allylic oxidation sites excluding steroid dienone is 1. The average molecular weight is 125 g/mol. The van der Waals surface area contributed by atoms with Gasteiger partial charge in [0.15, 0.2) is 0 Å². The fourth-order valence-corrected chi connectivity index (χ4v) is 0.546. The quantitative estimate of drug-likeness (QED) is 0.576. The third-order valence-corrected chi connectivity index (χ3v) is 0.977. The summed E-state index contributed by atoms with van der Waals surface area (Å²) in [6.07, 6.45) is 4.05. The minimum Gasteiger partial charge on any atom is -0.389 e. The Labute approximate surface area is 55.4 Å². The first-order valence-corrected chi connectivity index (χ1v) is 3.05. The van der Waals surface area contributed by atoms with Gasteiger partial charge in [0, 0.05) is 6.08 Å². The second-order valence-corrected chi connectivity index (χ2v) is 1.84. The molecule has 0 spiro atoms. The molecule has 0 radical (unpaired) electrons. The normalized spacial score (nSPS) is 13.4. The Morgan fingerprint density at radius 2 is 2.44 bits per heavy atom. The maximum Gasteiger partial charge on any atom is 0.0909 e. The summed E-state index contributed by atoms with van der Waals surface area (Å²) in [5.41, 5.74) is 0. The zero-order valence-corrected chi connectivity index (χ0v) is 5.54. The molecule has 0 bridgehead atoms. The van der Waals surface area contributed by atoms with Crippen molar-refractivity contribution < 1.29 is 5.11 Å². The van der Waals surface area contributed by atoms with E-state index in [2.05, 4.69) is 0 Å². The van der Waals surface area contributed by atoms with Crippen LogP contribution in [0.4, 0.5) is 0 Å². The smallest absolute Gasteiger partial charge is 0.0909 e. The molecule has 0 aromatic rings. The topological polar surface area (TPSA) is 44.0 Å². The molecule has 1 atom stereocenters. The zero-order valence-electron chi connectivity index (χ0n) is 5.54. The Hall–Kier alpha value is -0.810. The lowest BCUT2D eigenvalue weighted by Crippen LogP contribution is -1.99. The van der Waals surface area contributed by atoms with Gasteiger partial charge in [0.2, 0.25) is 0 Å². The number of rotatable bonds is 3. The van der Waals surface area contributed by atoms with E-state index in [0.29, 0.717) is 0 Å². The van der Waals surface area contributed by atoms with Crippen LogP contribution < -0.4 is 0 Å². The minimum atomic E-state index is -0.436. The van der Waals surface area contributed by atoms with Gasteiger partial charge in [-0.25, -0.2) is 0 Å². The molecule has 0 heterocycles. The SMILES string of the molecule is CCC[C@@H](O)/C=C/C#N. The van der Waals surface area contributed by atoms with Gasteiger partial charge < -0.3 is 5.11 Å². The number of hydrogen-bond acceptors (Lipinski definition) is 2. The largest absolute Gasteiger partial charge is 0.389 e. The van der Waals surface area contributed by atoms with E-state index in [1.807, 2.05) is 13.0 Å². The molecule has 9 heavy (non-hydrogen) atoms. The fraction of sp³-hybridized carbons (Fsp3) is 0.571. The summed E-state index contributed by atoms with van der Waals surface area (Å²) in [7, 11) is 0. The van der Waals surface area contributed by atoms with Crippen molar-refractivity contribution in [3.05, 3.63) is 12.2 Å². The van der Waals surface area contributed by atoms with Crippen molar-refractivity contribution in [3.63, 3.8) is 0 Å². The maximum absolute atomic E-state index is 8.94. The van der Waals surface area contributed by atoms with Crippen LogP contribution >= 0.6 is 0 Å². The average Bonchev–Trinajstić information content (AvgIpc) is 1.85. The Balaban J connectivity index is 3.39. The first kappa shape index (κ1) is 8.19. The van der Waals surface area contributed by atoms with Crippen LogP contribution in [0.2, 0.25) is 0 Å². The highest BCUT2D eigenvalue weighted by atomic mass is 16.3. The van der Waals surface area contributed by atoms with Gasteiger partial charge in [-0.05, 0) is 12.5 Å². The molecule has 2 heteroatoms. The van der Waals surface area contributed by atoms with Crippen LogP contribution in [0.25, 0.3) is 0 Å². The second kappa shape index (κ2) is 5.33. The van der Waals surface area contributed by atoms with Crippen molar-refractivity contribution in [2.45, 2.75) is 25.9 Å². The monoisotopic (exact) mass is 125 g/mol. The Morgan fingerprint density at radius 1 is 1.78 bits per heavy atom. The van der Waals surface area contributed by atoms with Crippen molar-refractivity contribution in [3.8, 4) is 6.07 Å². The number of nitriles is 1. The summed E-state index contributed by atoms with van der Waals surface area (Å²) in [6, 6.07) is 1.82. The highest BCUT2D eigenvalue weighted by Crippen LogP contribution is 1.96. The number of aliphatic hydroxyl groups is 1. The van der Waals surface area contributed by atoms with Crippen LogP contribution in [0.5, 0.6) is 0 Å². The molecule has 0 aliphatic carbocycles. The van der Waals surface area contributed by atoms with E-state index < -0.39 is 6.10 Å². The van der Waals surface area contributed by atoms with Crippen LogP contribution in [0, 0.1) is 11.3 Å². The Morgan fingerprint density at radius 3 is 2.89 bits per heavy atom. The molecule has 0 amide bonds. The van der Waals surface area contributed by atoms with Crippen LogP contribution in [-0.4, -0.2) is 11.2 Å². The summed E-state index contributed by atoms with van der Waals surface area (Å²) in [5.74, 6) is 0. The number of hydrogen-bond donors (Lipinski definition) is 1. The Kier molecular flexibility index (Phi) is 4.85. The molecule has 0 fully saturated rings. The predicted molar refractivity (Wildman–Crippen MR) is 35.7 cm³/mol. The second-order valence-electron chi connectivity index (χ2n) is 1.84. The first-order chi connectivity index (χ1) is 4.31. The van der Waals surface area contributed by atoms with Gasteiger partial charge >= 0.3 is 0 Å². The fourth-order valence-electron chi connectivity index (χ4n) is 0.546. The van der Waals surface area contributed by atoms with Crippen molar-refractivity contribution in [1.29, 1.82) is 5.26 Å². The molecular weight excluding hydrogens is 114 g/mol. The van der Waals surface area contributed by atoms with Gasteiger partial charge in [-0.15, -0.1) is 0 Å². The third-order valence-electron chi connectivity index (χ3n) is 0.977. The molecule has 0 aromatic heterocycles. The lowest BCUT2D eigenvalue weighted by molar-refractivity contribution is 0.211. The molecule has 0 aliphatic heterocycles. The van der Waals surface area contributed by atoms with Crippen molar-refractivity contribution >= 4 is 0 Å². The van der Waals surface area contributed by atoms with Crippen molar-refractivity contribution in [2.75, 3.05) is 0 Å². The van der Waals surface area contributed by atoms with E-state index >= 15 is 0 Å². The van der Waals surface area contributed by atoms with Crippen molar-refractivity contribution in [1.82, 2.24) is 0 Å². The van der Waals surface area contributed by atoms with Crippen LogP contribution in [0.3, 0.4) is 0 Å². The van der Waals surface area contributed by atoms with E-state index in [-0.39, 0.29) is 0 Å². The van der Waals surface area contributed by atoms with E-state index in [1.54, 1.807) is 0 Å². The molecule has 50 valence electrons. The van der Waals surface area contributed by atoms with Gasteiger partial charge in [0.25, 0.3) is 0 Å². The molecule has 0 saturated carbocycles. The van der Waals surface area contributed by atoms with E-state index in [4.69, 9.17) is 10.4 Å². The van der Waals surface area contributed by atoms with E-state index in [0.717, 1.165) is 12.8 Å². The van der Waals surface area contributed by atoms with Crippen LogP contribution in [-0.2, 0) is 0 Å². The molecular formula is C7H11NO. The van der Waals surface area contributed by atoms with Crippen LogP contribution in [0.15, 0.2) is 12.2 Å². The van der Waals surface area contributed by atoms with Gasteiger partial charge in [-0.3, -0.25) is 0 Å². The maximum atomic E-state index is 8.94.